The molecule has 0 spiro atoms. The summed E-state index contributed by atoms with van der Waals surface area (Å²) in [5.41, 5.74) is 3.31. The number of amides is 2. The lowest BCUT2D eigenvalue weighted by atomic mass is 9.74. The number of urea groups is 1. The van der Waals surface area contributed by atoms with E-state index in [1.807, 2.05) is 17.9 Å². The zero-order valence-electron chi connectivity index (χ0n) is 18.2. The summed E-state index contributed by atoms with van der Waals surface area (Å²) >= 11 is 0. The molecule has 0 aliphatic carbocycles. The topological polar surface area (TPSA) is 70.6 Å². The molecule has 7 heteroatoms. The first kappa shape index (κ1) is 20.4. The van der Waals surface area contributed by atoms with Crippen LogP contribution >= 0.6 is 0 Å². The molecule has 1 unspecified atom stereocenters. The summed E-state index contributed by atoms with van der Waals surface area (Å²) in [5.74, 6) is 1.87. The largest absolute Gasteiger partial charge is 0.378 e. The van der Waals surface area contributed by atoms with Crippen molar-refractivity contribution in [3.63, 3.8) is 0 Å². The van der Waals surface area contributed by atoms with Crippen LogP contribution in [0.25, 0.3) is 11.3 Å². The number of aromatic nitrogens is 2. The van der Waals surface area contributed by atoms with E-state index in [9.17, 15) is 4.79 Å². The smallest absolute Gasteiger partial charge is 0.317 e. The van der Waals surface area contributed by atoms with E-state index in [0.717, 1.165) is 48.8 Å². The maximum atomic E-state index is 12.5. The van der Waals surface area contributed by atoms with Crippen molar-refractivity contribution in [2.75, 3.05) is 45.9 Å². The number of benzene rings is 1. The molecule has 2 bridgehead atoms. The van der Waals surface area contributed by atoms with E-state index in [4.69, 9.17) is 9.72 Å². The summed E-state index contributed by atoms with van der Waals surface area (Å²) in [6.45, 7) is 7.45. The van der Waals surface area contributed by atoms with Gasteiger partial charge in [-0.05, 0) is 38.3 Å². The van der Waals surface area contributed by atoms with Crippen LogP contribution in [-0.2, 0) is 4.74 Å². The Balaban J connectivity index is 1.25. The molecule has 4 aliphatic heterocycles. The van der Waals surface area contributed by atoms with E-state index in [1.165, 1.54) is 6.42 Å². The fourth-order valence-corrected chi connectivity index (χ4v) is 5.31. The SMILES string of the molecule is Cc1nc(-c2ccccc2)cc([C@@H]2CN3CC[C@H]2C[C@@H]3CNC(=O)N2CCOCC2)n1. The van der Waals surface area contributed by atoms with Gasteiger partial charge in [-0.15, -0.1) is 0 Å². The third-order valence-electron chi connectivity index (χ3n) is 6.97. The third-order valence-corrected chi connectivity index (χ3v) is 6.97. The predicted octanol–water partition coefficient (Wildman–Crippen LogP) is 2.67. The zero-order chi connectivity index (χ0) is 21.2. The number of nitrogens with one attached hydrogen (secondary N) is 1. The average molecular weight is 422 g/mol. The second-order valence-electron chi connectivity index (χ2n) is 8.92. The van der Waals surface area contributed by atoms with E-state index in [2.05, 4.69) is 45.5 Å². The minimum absolute atomic E-state index is 0.0430. The third kappa shape index (κ3) is 4.43. The zero-order valence-corrected chi connectivity index (χ0v) is 18.2. The highest BCUT2D eigenvalue weighted by molar-refractivity contribution is 5.74. The van der Waals surface area contributed by atoms with Crippen LogP contribution in [0.4, 0.5) is 4.79 Å². The number of carbonyl (C=O) groups is 1. The Morgan fingerprint density at radius 3 is 2.71 bits per heavy atom. The van der Waals surface area contributed by atoms with Crippen LogP contribution < -0.4 is 5.32 Å². The molecule has 1 aromatic carbocycles. The Hall–Kier alpha value is -2.51. The Morgan fingerprint density at radius 2 is 1.97 bits per heavy atom. The number of piperidine rings is 3. The first-order valence-electron chi connectivity index (χ1n) is 11.4. The van der Waals surface area contributed by atoms with Gasteiger partial charge in [0.05, 0.1) is 18.9 Å². The average Bonchev–Trinajstić information content (AvgIpc) is 2.83. The summed E-state index contributed by atoms with van der Waals surface area (Å²) < 4.78 is 5.34. The Morgan fingerprint density at radius 1 is 1.16 bits per heavy atom. The molecule has 0 saturated carbocycles. The number of rotatable bonds is 4. The van der Waals surface area contributed by atoms with Gasteiger partial charge in [0.15, 0.2) is 0 Å². The van der Waals surface area contributed by atoms with Gasteiger partial charge < -0.3 is 15.0 Å². The lowest BCUT2D eigenvalue weighted by molar-refractivity contribution is 0.0274. The van der Waals surface area contributed by atoms with Crippen LogP contribution in [0.5, 0.6) is 0 Å². The van der Waals surface area contributed by atoms with Gasteiger partial charge in [0.1, 0.15) is 5.82 Å². The van der Waals surface area contributed by atoms with Crippen LogP contribution in [0, 0.1) is 12.8 Å². The number of nitrogens with zero attached hydrogens (tertiary/aromatic N) is 4. The van der Waals surface area contributed by atoms with Crippen LogP contribution in [-0.4, -0.2) is 77.8 Å². The van der Waals surface area contributed by atoms with Crippen molar-refractivity contribution in [1.82, 2.24) is 25.1 Å². The molecule has 6 rings (SSSR count). The lowest BCUT2D eigenvalue weighted by Gasteiger charge is -2.50. The highest BCUT2D eigenvalue weighted by Crippen LogP contribution is 2.41. The standard InChI is InChI=1S/C24H31N5O2/c1-17-26-22(18-5-3-2-4-6-18)14-23(27-17)21-16-29-8-7-19(21)13-20(29)15-25-24(30)28-9-11-31-12-10-28/h2-6,14,19-21H,7-13,15-16H2,1H3,(H,25,30)/t19-,20+,21+/m0/s1. The Bertz CT molecular complexity index is 915. The Labute approximate surface area is 183 Å². The molecule has 5 heterocycles. The maximum Gasteiger partial charge on any atom is 0.317 e. The molecule has 7 nitrogen and oxygen atoms in total. The molecule has 0 radical (unpaired) electrons. The van der Waals surface area contributed by atoms with Crippen molar-refractivity contribution < 1.29 is 9.53 Å². The quantitative estimate of drug-likeness (QED) is 0.822. The van der Waals surface area contributed by atoms with Crippen molar-refractivity contribution >= 4 is 6.03 Å². The van der Waals surface area contributed by atoms with Gasteiger partial charge in [-0.1, -0.05) is 30.3 Å². The molecule has 31 heavy (non-hydrogen) atoms. The molecule has 4 atom stereocenters. The Kier molecular flexibility index (Phi) is 5.87. The second-order valence-corrected chi connectivity index (χ2v) is 8.92. The number of ether oxygens (including phenoxy) is 1. The summed E-state index contributed by atoms with van der Waals surface area (Å²) in [6, 6.07) is 13.0. The molecule has 4 saturated heterocycles. The molecular weight excluding hydrogens is 390 g/mol. The van der Waals surface area contributed by atoms with Crippen molar-refractivity contribution in [2.45, 2.75) is 31.7 Å². The number of hydrogen-bond acceptors (Lipinski definition) is 5. The van der Waals surface area contributed by atoms with E-state index in [-0.39, 0.29) is 6.03 Å². The molecule has 164 valence electrons. The van der Waals surface area contributed by atoms with Crippen LogP contribution in [0.15, 0.2) is 36.4 Å². The maximum absolute atomic E-state index is 12.5. The summed E-state index contributed by atoms with van der Waals surface area (Å²) in [6.07, 6.45) is 2.31. The number of carbonyl (C=O) groups excluding carboxylic acids is 1. The molecule has 4 fully saturated rings. The van der Waals surface area contributed by atoms with Crippen molar-refractivity contribution in [3.8, 4) is 11.3 Å². The fraction of sp³-hybridized carbons (Fsp3) is 0.542. The first-order valence-corrected chi connectivity index (χ1v) is 11.4. The minimum Gasteiger partial charge on any atom is -0.378 e. The first-order chi connectivity index (χ1) is 15.2. The molecule has 4 aliphatic rings. The molecule has 2 amide bonds. The lowest BCUT2D eigenvalue weighted by Crippen LogP contribution is -2.57. The minimum atomic E-state index is 0.0430. The molecule has 1 N–H and O–H groups in total. The van der Waals surface area contributed by atoms with E-state index in [0.29, 0.717) is 44.2 Å². The van der Waals surface area contributed by atoms with Crippen molar-refractivity contribution in [3.05, 3.63) is 47.9 Å². The van der Waals surface area contributed by atoms with Gasteiger partial charge in [-0.2, -0.15) is 0 Å². The number of morpholine rings is 1. The van der Waals surface area contributed by atoms with E-state index in [1.54, 1.807) is 0 Å². The van der Waals surface area contributed by atoms with Gasteiger partial charge in [0.25, 0.3) is 0 Å². The van der Waals surface area contributed by atoms with Gasteiger partial charge in [0, 0.05) is 49.4 Å². The van der Waals surface area contributed by atoms with Crippen molar-refractivity contribution in [1.29, 1.82) is 0 Å². The number of hydrogen-bond donors (Lipinski definition) is 1. The van der Waals surface area contributed by atoms with Crippen LogP contribution in [0.3, 0.4) is 0 Å². The second kappa shape index (κ2) is 8.93. The van der Waals surface area contributed by atoms with Gasteiger partial charge in [-0.25, -0.2) is 14.8 Å². The molecular formula is C24H31N5O2. The van der Waals surface area contributed by atoms with Crippen LogP contribution in [0.2, 0.25) is 0 Å². The number of fused-ring (bicyclic) bond motifs is 3. The highest BCUT2D eigenvalue weighted by Gasteiger charge is 2.41. The van der Waals surface area contributed by atoms with Gasteiger partial charge in [0.2, 0.25) is 0 Å². The summed E-state index contributed by atoms with van der Waals surface area (Å²) in [7, 11) is 0. The monoisotopic (exact) mass is 421 g/mol. The summed E-state index contributed by atoms with van der Waals surface area (Å²) in [5, 5.41) is 3.17. The van der Waals surface area contributed by atoms with E-state index >= 15 is 0 Å². The van der Waals surface area contributed by atoms with Crippen LogP contribution in [0.1, 0.15) is 30.3 Å². The summed E-state index contributed by atoms with van der Waals surface area (Å²) in [4.78, 5) is 26.4. The van der Waals surface area contributed by atoms with E-state index < -0.39 is 0 Å². The molecule has 1 aromatic heterocycles. The predicted molar refractivity (Wildman–Crippen MR) is 119 cm³/mol. The normalized spacial score (nSPS) is 27.8. The fourth-order valence-electron chi connectivity index (χ4n) is 5.31. The van der Waals surface area contributed by atoms with Gasteiger partial charge >= 0.3 is 6.03 Å². The van der Waals surface area contributed by atoms with Crippen molar-refractivity contribution in [2.24, 2.45) is 5.92 Å². The highest BCUT2D eigenvalue weighted by atomic mass is 16.5. The number of aryl methyl sites for hydroxylation is 1. The van der Waals surface area contributed by atoms with Gasteiger partial charge in [-0.3, -0.25) is 4.90 Å². The molecule has 2 aromatic rings.